The molecular weight excluding hydrogens is 200 g/mol. The predicted octanol–water partition coefficient (Wildman–Crippen LogP) is 2.12. The number of hydrogen-bond acceptors (Lipinski definition) is 3. The Bertz CT molecular complexity index is 313. The molecule has 0 aromatic heterocycles. The van der Waals surface area contributed by atoms with E-state index in [-0.39, 0.29) is 0 Å². The van der Waals surface area contributed by atoms with E-state index in [0.717, 1.165) is 24.5 Å². The summed E-state index contributed by atoms with van der Waals surface area (Å²) in [6.07, 6.45) is 0. The van der Waals surface area contributed by atoms with Crippen molar-refractivity contribution in [2.45, 2.75) is 13.8 Å². The first-order valence-corrected chi connectivity index (χ1v) is 5.77. The molecule has 0 atom stereocenters. The zero-order valence-corrected chi connectivity index (χ0v) is 10.4. The largest absolute Gasteiger partial charge is 0.495 e. The van der Waals surface area contributed by atoms with Crippen LogP contribution in [0.2, 0.25) is 0 Å². The smallest absolute Gasteiger partial charge is 0.142 e. The number of rotatable bonds is 6. The minimum atomic E-state index is 0.608. The lowest BCUT2D eigenvalue weighted by atomic mass is 10.2. The highest BCUT2D eigenvalue weighted by molar-refractivity contribution is 5.58. The van der Waals surface area contributed by atoms with Crippen LogP contribution in [0.3, 0.4) is 0 Å². The van der Waals surface area contributed by atoms with Crippen molar-refractivity contribution < 1.29 is 4.74 Å². The average Bonchev–Trinajstić information content (AvgIpc) is 2.28. The predicted molar refractivity (Wildman–Crippen MR) is 69.1 cm³/mol. The van der Waals surface area contributed by atoms with Gasteiger partial charge < -0.3 is 15.4 Å². The number of ether oxygens (including phenoxy) is 1. The van der Waals surface area contributed by atoms with Gasteiger partial charge in [-0.25, -0.2) is 0 Å². The van der Waals surface area contributed by atoms with Gasteiger partial charge in [0.15, 0.2) is 0 Å². The topological polar surface area (TPSA) is 38.5 Å². The molecule has 0 saturated carbocycles. The Morgan fingerprint density at radius 1 is 1.31 bits per heavy atom. The molecule has 1 aromatic rings. The Kier molecular flexibility index (Phi) is 5.12. The van der Waals surface area contributed by atoms with Crippen LogP contribution >= 0.6 is 0 Å². The van der Waals surface area contributed by atoms with Gasteiger partial charge in [-0.1, -0.05) is 26.0 Å². The van der Waals surface area contributed by atoms with Crippen molar-refractivity contribution in [2.24, 2.45) is 11.7 Å². The minimum Gasteiger partial charge on any atom is -0.495 e. The maximum Gasteiger partial charge on any atom is 0.142 e. The highest BCUT2D eigenvalue weighted by atomic mass is 16.5. The standard InChI is InChI=1S/C13H22N2O/c1-11(2)10-15(9-8-14)12-6-4-5-7-13(12)16-3/h4-7,11H,8-10,14H2,1-3H3. The summed E-state index contributed by atoms with van der Waals surface area (Å²) < 4.78 is 5.37. The fourth-order valence-electron chi connectivity index (χ4n) is 1.80. The van der Waals surface area contributed by atoms with Gasteiger partial charge in [0, 0.05) is 19.6 Å². The third-order valence-corrected chi connectivity index (χ3v) is 2.41. The highest BCUT2D eigenvalue weighted by Crippen LogP contribution is 2.27. The molecule has 0 aliphatic carbocycles. The Morgan fingerprint density at radius 2 is 2.00 bits per heavy atom. The molecule has 1 rings (SSSR count). The molecule has 0 saturated heterocycles. The number of nitrogens with two attached hydrogens (primary N) is 1. The molecule has 0 aliphatic heterocycles. The van der Waals surface area contributed by atoms with Gasteiger partial charge in [-0.2, -0.15) is 0 Å². The second kappa shape index (κ2) is 6.38. The van der Waals surface area contributed by atoms with Crippen molar-refractivity contribution in [1.82, 2.24) is 0 Å². The van der Waals surface area contributed by atoms with Gasteiger partial charge in [0.05, 0.1) is 12.8 Å². The minimum absolute atomic E-state index is 0.608. The summed E-state index contributed by atoms with van der Waals surface area (Å²) in [6.45, 7) is 6.93. The van der Waals surface area contributed by atoms with Gasteiger partial charge in [-0.15, -0.1) is 0 Å². The Labute approximate surface area is 98.2 Å². The maximum absolute atomic E-state index is 5.65. The number of para-hydroxylation sites is 2. The monoisotopic (exact) mass is 222 g/mol. The normalized spacial score (nSPS) is 10.6. The molecule has 0 fully saturated rings. The van der Waals surface area contributed by atoms with Gasteiger partial charge in [0.2, 0.25) is 0 Å². The Hall–Kier alpha value is -1.22. The first-order chi connectivity index (χ1) is 7.69. The lowest BCUT2D eigenvalue weighted by molar-refractivity contribution is 0.413. The summed E-state index contributed by atoms with van der Waals surface area (Å²) in [4.78, 5) is 2.28. The highest BCUT2D eigenvalue weighted by Gasteiger charge is 2.11. The molecule has 0 heterocycles. The van der Waals surface area contributed by atoms with E-state index in [1.807, 2.05) is 18.2 Å². The quantitative estimate of drug-likeness (QED) is 0.801. The van der Waals surface area contributed by atoms with Crippen LogP contribution in [0, 0.1) is 5.92 Å². The van der Waals surface area contributed by atoms with Crippen LogP contribution in [0.4, 0.5) is 5.69 Å². The first kappa shape index (κ1) is 12.8. The van der Waals surface area contributed by atoms with Crippen molar-refractivity contribution >= 4 is 5.69 Å². The van der Waals surface area contributed by atoms with Crippen LogP contribution in [0.15, 0.2) is 24.3 Å². The number of hydrogen-bond donors (Lipinski definition) is 1. The molecule has 0 bridgehead atoms. The molecule has 3 nitrogen and oxygen atoms in total. The van der Waals surface area contributed by atoms with Gasteiger partial charge in [-0.05, 0) is 18.1 Å². The second-order valence-corrected chi connectivity index (χ2v) is 4.30. The lowest BCUT2D eigenvalue weighted by Gasteiger charge is -2.27. The Balaban J connectivity index is 2.90. The van der Waals surface area contributed by atoms with Crippen molar-refractivity contribution in [1.29, 1.82) is 0 Å². The van der Waals surface area contributed by atoms with Gasteiger partial charge in [0.1, 0.15) is 5.75 Å². The molecule has 3 heteroatoms. The van der Waals surface area contributed by atoms with Gasteiger partial charge >= 0.3 is 0 Å². The lowest BCUT2D eigenvalue weighted by Crippen LogP contribution is -2.32. The summed E-state index contributed by atoms with van der Waals surface area (Å²) in [6, 6.07) is 8.08. The van der Waals surface area contributed by atoms with E-state index in [1.165, 1.54) is 0 Å². The van der Waals surface area contributed by atoms with Crippen LogP contribution in [0.1, 0.15) is 13.8 Å². The molecule has 0 radical (unpaired) electrons. The molecule has 2 N–H and O–H groups in total. The molecule has 0 amide bonds. The van der Waals surface area contributed by atoms with Crippen LogP contribution in [-0.4, -0.2) is 26.7 Å². The van der Waals surface area contributed by atoms with Crippen molar-refractivity contribution in [3.63, 3.8) is 0 Å². The van der Waals surface area contributed by atoms with E-state index in [0.29, 0.717) is 12.5 Å². The summed E-state index contributed by atoms with van der Waals surface area (Å²) in [5, 5.41) is 0. The average molecular weight is 222 g/mol. The van der Waals surface area contributed by atoms with Crippen molar-refractivity contribution in [3.8, 4) is 5.75 Å². The van der Waals surface area contributed by atoms with E-state index in [2.05, 4.69) is 24.8 Å². The van der Waals surface area contributed by atoms with Crippen LogP contribution in [0.5, 0.6) is 5.75 Å². The summed E-state index contributed by atoms with van der Waals surface area (Å²) in [7, 11) is 1.70. The number of benzene rings is 1. The number of nitrogens with zero attached hydrogens (tertiary/aromatic N) is 1. The van der Waals surface area contributed by atoms with Gasteiger partial charge in [-0.3, -0.25) is 0 Å². The second-order valence-electron chi connectivity index (χ2n) is 4.30. The number of anilines is 1. The van der Waals surface area contributed by atoms with E-state index in [1.54, 1.807) is 7.11 Å². The van der Waals surface area contributed by atoms with E-state index < -0.39 is 0 Å². The van der Waals surface area contributed by atoms with Crippen LogP contribution in [-0.2, 0) is 0 Å². The molecule has 16 heavy (non-hydrogen) atoms. The molecule has 90 valence electrons. The van der Waals surface area contributed by atoms with Crippen LogP contribution < -0.4 is 15.4 Å². The number of methoxy groups -OCH3 is 1. The Morgan fingerprint density at radius 3 is 2.56 bits per heavy atom. The summed E-state index contributed by atoms with van der Waals surface area (Å²) >= 11 is 0. The fourth-order valence-corrected chi connectivity index (χ4v) is 1.80. The van der Waals surface area contributed by atoms with Gasteiger partial charge in [0.25, 0.3) is 0 Å². The molecule has 0 spiro atoms. The van der Waals surface area contributed by atoms with Crippen LogP contribution in [0.25, 0.3) is 0 Å². The molecule has 0 aliphatic rings. The summed E-state index contributed by atoms with van der Waals surface area (Å²) in [5.41, 5.74) is 6.78. The van der Waals surface area contributed by atoms with E-state index >= 15 is 0 Å². The zero-order valence-electron chi connectivity index (χ0n) is 10.4. The van der Waals surface area contributed by atoms with Crippen molar-refractivity contribution in [2.75, 3.05) is 31.6 Å². The van der Waals surface area contributed by atoms with Crippen molar-refractivity contribution in [3.05, 3.63) is 24.3 Å². The first-order valence-electron chi connectivity index (χ1n) is 5.77. The molecule has 0 unspecified atom stereocenters. The summed E-state index contributed by atoms with van der Waals surface area (Å²) in [5.74, 6) is 1.52. The van der Waals surface area contributed by atoms with E-state index in [4.69, 9.17) is 10.5 Å². The molecule has 1 aromatic carbocycles. The fraction of sp³-hybridized carbons (Fsp3) is 0.538. The SMILES string of the molecule is COc1ccccc1N(CCN)CC(C)C. The third kappa shape index (κ3) is 3.42. The zero-order chi connectivity index (χ0) is 12.0. The molecular formula is C13H22N2O. The van der Waals surface area contributed by atoms with E-state index in [9.17, 15) is 0 Å². The maximum atomic E-state index is 5.65. The third-order valence-electron chi connectivity index (χ3n) is 2.41.